The molecule has 1 amide bonds. The minimum absolute atomic E-state index is 0.0988. The van der Waals surface area contributed by atoms with Crippen molar-refractivity contribution in [1.82, 2.24) is 9.21 Å². The highest BCUT2D eigenvalue weighted by molar-refractivity contribution is 7.89. The van der Waals surface area contributed by atoms with Gasteiger partial charge in [-0.05, 0) is 31.0 Å². The summed E-state index contributed by atoms with van der Waals surface area (Å²) < 4.78 is 26.7. The summed E-state index contributed by atoms with van der Waals surface area (Å²) in [6.45, 7) is 2.36. The van der Waals surface area contributed by atoms with Gasteiger partial charge in [0.2, 0.25) is 15.9 Å². The molecule has 6 nitrogen and oxygen atoms in total. The number of hydrogen-bond acceptors (Lipinski definition) is 4. The van der Waals surface area contributed by atoms with Crippen molar-refractivity contribution in [3.05, 3.63) is 22.7 Å². The van der Waals surface area contributed by atoms with Crippen molar-refractivity contribution < 1.29 is 13.2 Å². The van der Waals surface area contributed by atoms with Crippen molar-refractivity contribution in [2.24, 2.45) is 0 Å². The number of rotatable bonds is 2. The van der Waals surface area contributed by atoms with Crippen LogP contribution in [-0.4, -0.2) is 50.2 Å². The number of likely N-dealkylation sites (N-methyl/N-ethyl adjacent to an activating group) is 1. The summed E-state index contributed by atoms with van der Waals surface area (Å²) in [6.07, 6.45) is 0.601. The van der Waals surface area contributed by atoms with E-state index in [-0.39, 0.29) is 23.0 Å². The molecule has 0 radical (unpaired) electrons. The predicted molar refractivity (Wildman–Crippen MR) is 81.6 cm³/mol. The first kappa shape index (κ1) is 16.1. The number of carbonyl (C=O) groups is 1. The zero-order valence-corrected chi connectivity index (χ0v) is 13.5. The molecule has 0 spiro atoms. The Bertz CT molecular complexity index is 675. The van der Waals surface area contributed by atoms with Crippen molar-refractivity contribution in [2.75, 3.05) is 32.4 Å². The van der Waals surface area contributed by atoms with E-state index < -0.39 is 10.0 Å². The van der Waals surface area contributed by atoms with Crippen LogP contribution in [0.15, 0.2) is 17.0 Å². The van der Waals surface area contributed by atoms with Gasteiger partial charge in [-0.3, -0.25) is 4.79 Å². The minimum atomic E-state index is -3.76. The summed E-state index contributed by atoms with van der Waals surface area (Å²) >= 11 is 5.90. The van der Waals surface area contributed by atoms with Crippen LogP contribution in [0, 0.1) is 6.92 Å². The molecule has 1 heterocycles. The zero-order valence-electron chi connectivity index (χ0n) is 12.0. The fraction of sp³-hybridized carbons (Fsp3) is 0.462. The molecule has 116 valence electrons. The standard InChI is InChI=1S/C13H18ClN3O3S/c1-9-6-10(14)11(15)7-12(9)21(19,20)17-5-3-4-16(2)13(18)8-17/h6-7H,3-5,8,15H2,1-2H3. The van der Waals surface area contributed by atoms with Crippen LogP contribution in [0.5, 0.6) is 0 Å². The summed E-state index contributed by atoms with van der Waals surface area (Å²) in [5.41, 5.74) is 6.43. The average Bonchev–Trinajstić information content (AvgIpc) is 2.57. The molecule has 21 heavy (non-hydrogen) atoms. The fourth-order valence-electron chi connectivity index (χ4n) is 2.25. The molecule has 1 aliphatic rings. The van der Waals surface area contributed by atoms with Gasteiger partial charge in [0.15, 0.2) is 0 Å². The number of nitrogens with two attached hydrogens (primary N) is 1. The van der Waals surface area contributed by atoms with Gasteiger partial charge in [0.05, 0.1) is 22.2 Å². The number of hydrogen-bond donors (Lipinski definition) is 1. The smallest absolute Gasteiger partial charge is 0.243 e. The van der Waals surface area contributed by atoms with Crippen LogP contribution in [0.3, 0.4) is 0 Å². The van der Waals surface area contributed by atoms with E-state index in [4.69, 9.17) is 17.3 Å². The number of anilines is 1. The summed E-state index contributed by atoms with van der Waals surface area (Å²) in [7, 11) is -2.09. The van der Waals surface area contributed by atoms with Gasteiger partial charge in [-0.1, -0.05) is 11.6 Å². The van der Waals surface area contributed by atoms with E-state index in [0.29, 0.717) is 30.1 Å². The van der Waals surface area contributed by atoms with E-state index in [9.17, 15) is 13.2 Å². The molecule has 0 bridgehead atoms. The highest BCUT2D eigenvalue weighted by Gasteiger charge is 2.31. The second-order valence-electron chi connectivity index (χ2n) is 5.15. The highest BCUT2D eigenvalue weighted by Crippen LogP contribution is 2.28. The molecule has 0 atom stereocenters. The van der Waals surface area contributed by atoms with E-state index >= 15 is 0 Å². The van der Waals surface area contributed by atoms with Gasteiger partial charge in [0.25, 0.3) is 0 Å². The lowest BCUT2D eigenvalue weighted by Gasteiger charge is -2.21. The lowest BCUT2D eigenvalue weighted by atomic mass is 10.2. The minimum Gasteiger partial charge on any atom is -0.397 e. The predicted octanol–water partition coefficient (Wildman–Crippen LogP) is 1.08. The quantitative estimate of drug-likeness (QED) is 0.822. The third-order valence-electron chi connectivity index (χ3n) is 3.55. The van der Waals surface area contributed by atoms with Gasteiger partial charge < -0.3 is 10.6 Å². The summed E-state index contributed by atoms with van der Waals surface area (Å²) in [5.74, 6) is -0.212. The molecule has 1 fully saturated rings. The Kier molecular flexibility index (Phi) is 4.46. The molecular formula is C13H18ClN3O3S. The van der Waals surface area contributed by atoms with Crippen LogP contribution >= 0.6 is 11.6 Å². The van der Waals surface area contributed by atoms with Crippen LogP contribution in [0.2, 0.25) is 5.02 Å². The van der Waals surface area contributed by atoms with Gasteiger partial charge in [-0.15, -0.1) is 0 Å². The normalized spacial score (nSPS) is 17.9. The molecule has 1 aliphatic heterocycles. The number of benzene rings is 1. The largest absolute Gasteiger partial charge is 0.397 e. The summed E-state index contributed by atoms with van der Waals surface area (Å²) in [6, 6.07) is 2.88. The van der Waals surface area contributed by atoms with Gasteiger partial charge in [0, 0.05) is 20.1 Å². The molecule has 2 N–H and O–H groups in total. The second-order valence-corrected chi connectivity index (χ2v) is 7.46. The van der Waals surface area contributed by atoms with Crippen LogP contribution in [0.4, 0.5) is 5.69 Å². The number of sulfonamides is 1. The van der Waals surface area contributed by atoms with Gasteiger partial charge in [-0.25, -0.2) is 8.42 Å². The number of nitrogens with zero attached hydrogens (tertiary/aromatic N) is 2. The SMILES string of the molecule is Cc1cc(Cl)c(N)cc1S(=O)(=O)N1CCCN(C)C(=O)C1. The Balaban J connectivity index is 2.42. The lowest BCUT2D eigenvalue weighted by Crippen LogP contribution is -2.38. The van der Waals surface area contributed by atoms with Crippen molar-refractivity contribution in [1.29, 1.82) is 0 Å². The monoisotopic (exact) mass is 331 g/mol. The average molecular weight is 332 g/mol. The maximum absolute atomic E-state index is 12.7. The van der Waals surface area contributed by atoms with Crippen molar-refractivity contribution in [2.45, 2.75) is 18.2 Å². The topological polar surface area (TPSA) is 83.7 Å². The summed E-state index contributed by atoms with van der Waals surface area (Å²) in [4.78, 5) is 13.5. The van der Waals surface area contributed by atoms with Crippen molar-refractivity contribution in [3.8, 4) is 0 Å². The Morgan fingerprint density at radius 1 is 1.29 bits per heavy atom. The number of aryl methyl sites for hydroxylation is 1. The van der Waals surface area contributed by atoms with Crippen LogP contribution in [-0.2, 0) is 14.8 Å². The van der Waals surface area contributed by atoms with Gasteiger partial charge in [-0.2, -0.15) is 4.31 Å². The molecule has 1 saturated heterocycles. The Labute approximate surface area is 129 Å². The number of amides is 1. The van der Waals surface area contributed by atoms with Crippen LogP contribution < -0.4 is 5.73 Å². The van der Waals surface area contributed by atoms with E-state index in [1.54, 1.807) is 18.9 Å². The van der Waals surface area contributed by atoms with Crippen LogP contribution in [0.25, 0.3) is 0 Å². The number of halogens is 1. The van der Waals surface area contributed by atoms with Crippen LogP contribution in [0.1, 0.15) is 12.0 Å². The molecule has 2 rings (SSSR count). The maximum atomic E-state index is 12.7. The Hall–Kier alpha value is -1.31. The van der Waals surface area contributed by atoms with Crippen molar-refractivity contribution >= 4 is 33.2 Å². The first-order valence-corrected chi connectivity index (χ1v) is 8.35. The number of nitrogen functional groups attached to an aromatic ring is 1. The lowest BCUT2D eigenvalue weighted by molar-refractivity contribution is -0.129. The maximum Gasteiger partial charge on any atom is 0.243 e. The fourth-order valence-corrected chi connectivity index (χ4v) is 4.14. The van der Waals surface area contributed by atoms with Crippen molar-refractivity contribution in [3.63, 3.8) is 0 Å². The Morgan fingerprint density at radius 3 is 2.62 bits per heavy atom. The van der Waals surface area contributed by atoms with E-state index in [1.165, 1.54) is 16.4 Å². The van der Waals surface area contributed by atoms with E-state index in [1.807, 2.05) is 0 Å². The third-order valence-corrected chi connectivity index (χ3v) is 5.86. The first-order chi connectivity index (χ1) is 9.73. The van der Waals surface area contributed by atoms with E-state index in [0.717, 1.165) is 0 Å². The molecule has 0 unspecified atom stereocenters. The third kappa shape index (κ3) is 3.14. The first-order valence-electron chi connectivity index (χ1n) is 6.53. The summed E-state index contributed by atoms with van der Waals surface area (Å²) in [5, 5.41) is 0.318. The Morgan fingerprint density at radius 2 is 1.95 bits per heavy atom. The molecule has 1 aromatic rings. The molecule has 0 aliphatic carbocycles. The zero-order chi connectivity index (χ0) is 15.8. The molecular weight excluding hydrogens is 314 g/mol. The number of carbonyl (C=O) groups excluding carboxylic acids is 1. The molecule has 0 saturated carbocycles. The molecule has 8 heteroatoms. The van der Waals surface area contributed by atoms with E-state index in [2.05, 4.69) is 0 Å². The second kappa shape index (κ2) is 5.82. The highest BCUT2D eigenvalue weighted by atomic mass is 35.5. The molecule has 0 aromatic heterocycles. The van der Waals surface area contributed by atoms with Gasteiger partial charge >= 0.3 is 0 Å². The van der Waals surface area contributed by atoms with Gasteiger partial charge in [0.1, 0.15) is 0 Å². The molecule has 1 aromatic carbocycles.